The third-order valence-corrected chi connectivity index (χ3v) is 0.988. The van der Waals surface area contributed by atoms with E-state index < -0.39 is 0 Å². The zero-order valence-corrected chi connectivity index (χ0v) is 7.46. The molecule has 0 bridgehead atoms. The van der Waals surface area contributed by atoms with Crippen molar-refractivity contribution in [2.24, 2.45) is 11.0 Å². The van der Waals surface area contributed by atoms with Gasteiger partial charge in [0, 0.05) is 20.0 Å². The minimum absolute atomic E-state index is 0.0192. The van der Waals surface area contributed by atoms with Gasteiger partial charge in [0.2, 0.25) is 5.91 Å². The summed E-state index contributed by atoms with van der Waals surface area (Å²) < 4.78 is 0. The van der Waals surface area contributed by atoms with Gasteiger partial charge in [-0.3, -0.25) is 4.79 Å². The van der Waals surface area contributed by atoms with Crippen LogP contribution < -0.4 is 5.43 Å². The van der Waals surface area contributed by atoms with Gasteiger partial charge in [0.05, 0.1) is 0 Å². The topological polar surface area (TPSA) is 44.7 Å². The van der Waals surface area contributed by atoms with Crippen LogP contribution in [-0.4, -0.2) is 31.2 Å². The normalized spacial score (nSPS) is 10.6. The van der Waals surface area contributed by atoms with Crippen molar-refractivity contribution in [3.63, 3.8) is 0 Å². The summed E-state index contributed by atoms with van der Waals surface area (Å²) in [4.78, 5) is 12.6. The molecule has 0 aromatic rings. The van der Waals surface area contributed by atoms with Gasteiger partial charge in [0.1, 0.15) is 6.34 Å². The molecule has 0 aromatic carbocycles. The minimum atomic E-state index is -0.0666. The van der Waals surface area contributed by atoms with Crippen molar-refractivity contribution in [1.29, 1.82) is 0 Å². The van der Waals surface area contributed by atoms with Gasteiger partial charge >= 0.3 is 0 Å². The molecule has 11 heavy (non-hydrogen) atoms. The fourth-order valence-corrected chi connectivity index (χ4v) is 0.337. The first-order valence-electron chi connectivity index (χ1n) is 3.53. The Balaban J connectivity index is 3.62. The van der Waals surface area contributed by atoms with Crippen LogP contribution in [0.2, 0.25) is 0 Å². The minimum Gasteiger partial charge on any atom is -0.367 e. The van der Waals surface area contributed by atoms with Crippen molar-refractivity contribution in [1.82, 2.24) is 10.3 Å². The number of hydrogen-bond donors (Lipinski definition) is 1. The molecular formula is C7H15N3O. The number of carbonyl (C=O) groups excluding carboxylic acids is 1. The number of carbonyl (C=O) groups is 1. The lowest BCUT2D eigenvalue weighted by Crippen LogP contribution is -2.24. The summed E-state index contributed by atoms with van der Waals surface area (Å²) in [6, 6.07) is 0. The summed E-state index contributed by atoms with van der Waals surface area (Å²) in [5.41, 5.74) is 2.40. The van der Waals surface area contributed by atoms with E-state index in [1.807, 2.05) is 27.9 Å². The van der Waals surface area contributed by atoms with Crippen LogP contribution in [0.3, 0.4) is 0 Å². The summed E-state index contributed by atoms with van der Waals surface area (Å²) in [7, 11) is 3.68. The summed E-state index contributed by atoms with van der Waals surface area (Å²) in [6.07, 6.45) is 1.54. The smallest absolute Gasteiger partial charge is 0.242 e. The second-order valence-electron chi connectivity index (χ2n) is 2.84. The maximum absolute atomic E-state index is 10.9. The maximum atomic E-state index is 10.9. The van der Waals surface area contributed by atoms with Gasteiger partial charge < -0.3 is 4.90 Å². The Labute approximate surface area is 67.3 Å². The average Bonchev–Trinajstić information content (AvgIpc) is 1.86. The Morgan fingerprint density at radius 2 is 2.09 bits per heavy atom. The van der Waals surface area contributed by atoms with E-state index in [4.69, 9.17) is 0 Å². The highest BCUT2D eigenvalue weighted by molar-refractivity contribution is 5.78. The van der Waals surface area contributed by atoms with Crippen molar-refractivity contribution >= 4 is 12.2 Å². The van der Waals surface area contributed by atoms with E-state index in [2.05, 4.69) is 10.5 Å². The molecule has 1 amide bonds. The molecule has 0 heterocycles. The Morgan fingerprint density at radius 3 is 2.45 bits per heavy atom. The van der Waals surface area contributed by atoms with Crippen LogP contribution in [0.25, 0.3) is 0 Å². The van der Waals surface area contributed by atoms with Crippen molar-refractivity contribution < 1.29 is 4.79 Å². The summed E-state index contributed by atoms with van der Waals surface area (Å²) >= 11 is 0. The molecule has 0 aliphatic heterocycles. The zero-order chi connectivity index (χ0) is 8.85. The van der Waals surface area contributed by atoms with Crippen molar-refractivity contribution in [3.05, 3.63) is 0 Å². The lowest BCUT2D eigenvalue weighted by Gasteiger charge is -2.04. The predicted octanol–water partition coefficient (Wildman–Crippen LogP) is 0.263. The van der Waals surface area contributed by atoms with E-state index in [-0.39, 0.29) is 11.8 Å². The fourth-order valence-electron chi connectivity index (χ4n) is 0.337. The third kappa shape index (κ3) is 5.39. The highest BCUT2D eigenvalue weighted by Crippen LogP contribution is 1.89. The number of amides is 1. The summed E-state index contributed by atoms with van der Waals surface area (Å²) in [5, 5.41) is 3.69. The van der Waals surface area contributed by atoms with Gasteiger partial charge in [0.15, 0.2) is 0 Å². The van der Waals surface area contributed by atoms with Crippen molar-refractivity contribution in [3.8, 4) is 0 Å². The van der Waals surface area contributed by atoms with Gasteiger partial charge in [-0.2, -0.15) is 5.10 Å². The van der Waals surface area contributed by atoms with Crippen LogP contribution in [-0.2, 0) is 4.79 Å². The number of nitrogens with one attached hydrogen (secondary N) is 1. The second-order valence-corrected chi connectivity index (χ2v) is 2.84. The molecule has 0 aliphatic rings. The van der Waals surface area contributed by atoms with Gasteiger partial charge in [-0.25, -0.2) is 5.43 Å². The molecule has 0 saturated carbocycles. The Bertz CT molecular complexity index is 152. The molecular weight excluding hydrogens is 142 g/mol. The highest BCUT2D eigenvalue weighted by atomic mass is 16.2. The first-order chi connectivity index (χ1) is 5.04. The number of hydrogen-bond acceptors (Lipinski definition) is 2. The molecule has 1 N–H and O–H groups in total. The number of rotatable bonds is 3. The molecule has 0 aromatic heterocycles. The molecule has 64 valence electrons. The van der Waals surface area contributed by atoms with Crippen LogP contribution in [0, 0.1) is 5.92 Å². The van der Waals surface area contributed by atoms with E-state index in [9.17, 15) is 4.79 Å². The van der Waals surface area contributed by atoms with Gasteiger partial charge in [-0.05, 0) is 0 Å². The first-order valence-corrected chi connectivity index (χ1v) is 3.53. The maximum Gasteiger partial charge on any atom is 0.242 e. The Hall–Kier alpha value is -1.06. The Kier molecular flexibility index (Phi) is 4.26. The molecule has 0 spiro atoms. The van der Waals surface area contributed by atoms with Crippen molar-refractivity contribution in [2.75, 3.05) is 14.1 Å². The second kappa shape index (κ2) is 4.71. The monoisotopic (exact) mass is 157 g/mol. The van der Waals surface area contributed by atoms with Crippen LogP contribution in [0.15, 0.2) is 5.10 Å². The third-order valence-electron chi connectivity index (χ3n) is 0.988. The fraction of sp³-hybridized carbons (Fsp3) is 0.714. The molecule has 0 aliphatic carbocycles. The first kappa shape index (κ1) is 9.94. The Morgan fingerprint density at radius 1 is 1.55 bits per heavy atom. The number of nitrogens with zero attached hydrogens (tertiary/aromatic N) is 2. The van der Waals surface area contributed by atoms with Crippen LogP contribution in [0.1, 0.15) is 13.8 Å². The van der Waals surface area contributed by atoms with E-state index in [0.29, 0.717) is 0 Å². The molecule has 0 unspecified atom stereocenters. The molecule has 0 radical (unpaired) electrons. The largest absolute Gasteiger partial charge is 0.367 e. The quantitative estimate of drug-likeness (QED) is 0.363. The lowest BCUT2D eigenvalue weighted by molar-refractivity contribution is -0.123. The van der Waals surface area contributed by atoms with E-state index in [1.165, 1.54) is 0 Å². The SMILES string of the molecule is CC(C)C(=O)NN=CN(C)C. The van der Waals surface area contributed by atoms with Gasteiger partial charge in [-0.15, -0.1) is 0 Å². The zero-order valence-electron chi connectivity index (χ0n) is 7.46. The summed E-state index contributed by atoms with van der Waals surface area (Å²) in [5.74, 6) is -0.0857. The van der Waals surface area contributed by atoms with E-state index in [1.54, 1.807) is 11.2 Å². The van der Waals surface area contributed by atoms with E-state index >= 15 is 0 Å². The van der Waals surface area contributed by atoms with Gasteiger partial charge in [0.25, 0.3) is 0 Å². The highest BCUT2D eigenvalue weighted by Gasteiger charge is 2.03. The predicted molar refractivity (Wildman–Crippen MR) is 45.2 cm³/mol. The standard InChI is InChI=1S/C7H15N3O/c1-6(2)7(11)9-8-5-10(3)4/h5-6H,1-4H3,(H,9,11). The lowest BCUT2D eigenvalue weighted by atomic mass is 10.2. The molecule has 0 saturated heterocycles. The average molecular weight is 157 g/mol. The van der Waals surface area contributed by atoms with Crippen LogP contribution in [0.4, 0.5) is 0 Å². The molecule has 0 rings (SSSR count). The van der Waals surface area contributed by atoms with E-state index in [0.717, 1.165) is 0 Å². The molecule has 4 heteroatoms. The molecule has 4 nitrogen and oxygen atoms in total. The summed E-state index contributed by atoms with van der Waals surface area (Å²) in [6.45, 7) is 3.64. The molecule has 0 fully saturated rings. The van der Waals surface area contributed by atoms with Crippen LogP contribution in [0.5, 0.6) is 0 Å². The van der Waals surface area contributed by atoms with Gasteiger partial charge in [-0.1, -0.05) is 13.8 Å². The van der Waals surface area contributed by atoms with Crippen molar-refractivity contribution in [2.45, 2.75) is 13.8 Å². The van der Waals surface area contributed by atoms with Crippen LogP contribution >= 0.6 is 0 Å². The number of hydrazone groups is 1. The molecule has 0 atom stereocenters.